The number of hydrogen-bond acceptors (Lipinski definition) is 4. The molecule has 4 aromatic rings. The highest BCUT2D eigenvalue weighted by Crippen LogP contribution is 2.39. The Balaban J connectivity index is 1.93. The van der Waals surface area contributed by atoms with E-state index in [-0.39, 0.29) is 17.3 Å². The minimum absolute atomic E-state index is 0.267. The molecule has 0 bridgehead atoms. The number of benzene rings is 4. The predicted octanol–water partition coefficient (Wildman–Crippen LogP) is 4.46. The predicted molar refractivity (Wildman–Crippen MR) is 114 cm³/mol. The molecule has 146 valence electrons. The molecule has 0 fully saturated rings. The minimum Gasteiger partial charge on any atom is -0.497 e. The fraction of sp³-hybridized carbons (Fsp3) is 0.0800. The second kappa shape index (κ2) is 6.52. The first kappa shape index (κ1) is 18.1. The minimum atomic E-state index is -0.466. The molecule has 0 N–H and O–H groups in total. The van der Waals surface area contributed by atoms with Crippen LogP contribution in [0.15, 0.2) is 66.7 Å². The van der Waals surface area contributed by atoms with Gasteiger partial charge in [-0.2, -0.15) is 0 Å². The number of methoxy groups -OCH3 is 1. The normalized spacial score (nSPS) is 13.2. The van der Waals surface area contributed by atoms with Crippen LogP contribution in [0.2, 0.25) is 0 Å². The standard InChI is InChI=1S/C25H17NO4/c1-26-24(28)19-9-5-8-17-16-6-3-4-7-18(16)21(22(20(17)19)25(26)29)23(27)14-10-12-15(30-2)13-11-14/h3-13H,1-2H3. The maximum atomic E-state index is 13.7. The third kappa shape index (κ3) is 2.38. The van der Waals surface area contributed by atoms with Crippen LogP contribution in [-0.2, 0) is 0 Å². The Labute approximate surface area is 172 Å². The van der Waals surface area contributed by atoms with E-state index < -0.39 is 5.91 Å². The Hall–Kier alpha value is -3.99. The van der Waals surface area contributed by atoms with E-state index in [0.29, 0.717) is 33.2 Å². The van der Waals surface area contributed by atoms with Crippen LogP contribution in [0.1, 0.15) is 36.6 Å². The molecule has 0 saturated carbocycles. The zero-order valence-electron chi connectivity index (χ0n) is 16.4. The van der Waals surface area contributed by atoms with Gasteiger partial charge in [0.05, 0.1) is 12.7 Å². The highest BCUT2D eigenvalue weighted by atomic mass is 16.5. The maximum Gasteiger partial charge on any atom is 0.261 e. The summed E-state index contributed by atoms with van der Waals surface area (Å²) in [5.41, 5.74) is 1.47. The largest absolute Gasteiger partial charge is 0.497 e. The van der Waals surface area contributed by atoms with E-state index in [1.807, 2.05) is 30.3 Å². The molecule has 5 rings (SSSR count). The van der Waals surface area contributed by atoms with Crippen molar-refractivity contribution in [3.05, 3.63) is 89.0 Å². The number of carbonyl (C=O) groups excluding carboxylic acids is 3. The summed E-state index contributed by atoms with van der Waals surface area (Å²) >= 11 is 0. The van der Waals surface area contributed by atoms with Crippen molar-refractivity contribution in [2.45, 2.75) is 0 Å². The summed E-state index contributed by atoms with van der Waals surface area (Å²) in [6, 6.07) is 19.7. The molecule has 5 heteroatoms. The second-order valence-electron chi connectivity index (χ2n) is 7.25. The summed E-state index contributed by atoms with van der Waals surface area (Å²) in [4.78, 5) is 40.8. The molecule has 0 aliphatic carbocycles. The molecule has 2 amide bonds. The van der Waals surface area contributed by atoms with Crippen LogP contribution in [0.3, 0.4) is 0 Å². The molecular formula is C25H17NO4. The number of amides is 2. The molecule has 0 atom stereocenters. The van der Waals surface area contributed by atoms with E-state index in [2.05, 4.69) is 0 Å². The molecule has 5 nitrogen and oxygen atoms in total. The lowest BCUT2D eigenvalue weighted by Crippen LogP contribution is -2.38. The van der Waals surface area contributed by atoms with E-state index in [1.54, 1.807) is 43.5 Å². The third-order valence-corrected chi connectivity index (χ3v) is 5.68. The van der Waals surface area contributed by atoms with Crippen LogP contribution in [0, 0.1) is 0 Å². The Morgan fingerprint density at radius 1 is 0.800 bits per heavy atom. The molecule has 0 spiro atoms. The van der Waals surface area contributed by atoms with Gasteiger partial charge >= 0.3 is 0 Å². The van der Waals surface area contributed by atoms with Crippen LogP contribution >= 0.6 is 0 Å². The van der Waals surface area contributed by atoms with E-state index in [9.17, 15) is 14.4 Å². The van der Waals surface area contributed by atoms with Gasteiger partial charge in [0.25, 0.3) is 11.8 Å². The van der Waals surface area contributed by atoms with Crippen molar-refractivity contribution in [1.82, 2.24) is 4.90 Å². The molecule has 0 aromatic heterocycles. The number of fused-ring (bicyclic) bond motifs is 2. The van der Waals surface area contributed by atoms with Crippen molar-refractivity contribution < 1.29 is 19.1 Å². The van der Waals surface area contributed by atoms with E-state index >= 15 is 0 Å². The summed E-state index contributed by atoms with van der Waals surface area (Å²) in [7, 11) is 3.01. The van der Waals surface area contributed by atoms with Gasteiger partial charge in [0, 0.05) is 29.1 Å². The molecule has 0 unspecified atom stereocenters. The molecular weight excluding hydrogens is 378 g/mol. The Bertz CT molecular complexity index is 1390. The molecule has 4 aromatic carbocycles. The van der Waals surface area contributed by atoms with Gasteiger partial charge in [0.2, 0.25) is 0 Å². The van der Waals surface area contributed by atoms with Crippen molar-refractivity contribution in [2.75, 3.05) is 14.2 Å². The average molecular weight is 395 g/mol. The van der Waals surface area contributed by atoms with Crippen LogP contribution in [0.5, 0.6) is 5.75 Å². The molecule has 30 heavy (non-hydrogen) atoms. The van der Waals surface area contributed by atoms with Crippen molar-refractivity contribution >= 4 is 39.1 Å². The highest BCUT2D eigenvalue weighted by molar-refractivity contribution is 6.35. The first-order valence-electron chi connectivity index (χ1n) is 9.51. The Morgan fingerprint density at radius 2 is 1.47 bits per heavy atom. The molecule has 1 heterocycles. The van der Waals surface area contributed by atoms with Gasteiger partial charge in [-0.15, -0.1) is 0 Å². The summed E-state index contributed by atoms with van der Waals surface area (Å²) in [5.74, 6) is -0.459. The van der Waals surface area contributed by atoms with Gasteiger partial charge in [-0.05, 0) is 46.5 Å². The van der Waals surface area contributed by atoms with Gasteiger partial charge in [-0.25, -0.2) is 0 Å². The number of ketones is 1. The van der Waals surface area contributed by atoms with Crippen molar-refractivity contribution in [3.63, 3.8) is 0 Å². The van der Waals surface area contributed by atoms with Crippen molar-refractivity contribution in [2.24, 2.45) is 0 Å². The fourth-order valence-electron chi connectivity index (χ4n) is 4.20. The topological polar surface area (TPSA) is 63.7 Å². The van der Waals surface area contributed by atoms with Crippen LogP contribution in [0.25, 0.3) is 21.5 Å². The lowest BCUT2D eigenvalue weighted by molar-refractivity contribution is 0.0648. The van der Waals surface area contributed by atoms with Gasteiger partial charge in [-0.1, -0.05) is 36.4 Å². The third-order valence-electron chi connectivity index (χ3n) is 5.68. The molecule has 0 radical (unpaired) electrons. The lowest BCUT2D eigenvalue weighted by Gasteiger charge is -2.26. The second-order valence-corrected chi connectivity index (χ2v) is 7.25. The highest BCUT2D eigenvalue weighted by Gasteiger charge is 2.35. The number of imide groups is 1. The summed E-state index contributed by atoms with van der Waals surface area (Å²) in [6.45, 7) is 0. The van der Waals surface area contributed by atoms with Crippen LogP contribution < -0.4 is 4.74 Å². The quantitative estimate of drug-likeness (QED) is 0.292. The lowest BCUT2D eigenvalue weighted by atomic mass is 9.83. The van der Waals surface area contributed by atoms with E-state index in [1.165, 1.54) is 7.05 Å². The monoisotopic (exact) mass is 395 g/mol. The number of carbonyl (C=O) groups is 3. The van der Waals surface area contributed by atoms with Crippen molar-refractivity contribution in [1.29, 1.82) is 0 Å². The zero-order valence-corrected chi connectivity index (χ0v) is 16.4. The Kier molecular flexibility index (Phi) is 3.93. The SMILES string of the molecule is COc1ccc(C(=O)c2c3c4c(cccc4c4ccccc24)C(=O)N(C)C3=O)cc1. The first-order valence-corrected chi connectivity index (χ1v) is 9.51. The maximum absolute atomic E-state index is 13.7. The van der Waals surface area contributed by atoms with Crippen molar-refractivity contribution in [3.8, 4) is 5.75 Å². The zero-order chi connectivity index (χ0) is 21.0. The van der Waals surface area contributed by atoms with Gasteiger partial charge < -0.3 is 4.74 Å². The van der Waals surface area contributed by atoms with Crippen LogP contribution in [-0.4, -0.2) is 36.7 Å². The fourth-order valence-corrected chi connectivity index (χ4v) is 4.20. The Morgan fingerprint density at radius 3 is 2.17 bits per heavy atom. The average Bonchev–Trinajstić information content (AvgIpc) is 2.80. The van der Waals surface area contributed by atoms with E-state index in [4.69, 9.17) is 4.74 Å². The molecule has 1 aliphatic rings. The summed E-state index contributed by atoms with van der Waals surface area (Å²) < 4.78 is 5.19. The van der Waals surface area contributed by atoms with Crippen LogP contribution in [0.4, 0.5) is 0 Å². The van der Waals surface area contributed by atoms with Gasteiger partial charge in [0.1, 0.15) is 5.75 Å². The number of rotatable bonds is 3. The molecule has 1 aliphatic heterocycles. The number of ether oxygens (including phenoxy) is 1. The van der Waals surface area contributed by atoms with Gasteiger partial charge in [0.15, 0.2) is 5.78 Å². The molecule has 0 saturated heterocycles. The summed E-state index contributed by atoms with van der Waals surface area (Å²) in [5, 5.41) is 2.86. The first-order chi connectivity index (χ1) is 14.5. The summed E-state index contributed by atoms with van der Waals surface area (Å²) in [6.07, 6.45) is 0. The number of hydrogen-bond donors (Lipinski definition) is 0. The number of nitrogens with zero attached hydrogens (tertiary/aromatic N) is 1. The van der Waals surface area contributed by atoms with E-state index in [0.717, 1.165) is 15.7 Å². The van der Waals surface area contributed by atoms with Gasteiger partial charge in [-0.3, -0.25) is 19.3 Å². The smallest absolute Gasteiger partial charge is 0.261 e.